The number of anilines is 3. The molecule has 0 fully saturated rings. The van der Waals surface area contributed by atoms with Crippen molar-refractivity contribution in [2.75, 3.05) is 4.90 Å². The molecule has 0 bridgehead atoms. The molecule has 0 aliphatic heterocycles. The molecule has 0 saturated heterocycles. The van der Waals surface area contributed by atoms with E-state index in [4.69, 9.17) is 0 Å². The maximum absolute atomic E-state index is 2.39. The van der Waals surface area contributed by atoms with Gasteiger partial charge in [0.1, 0.15) is 0 Å². The van der Waals surface area contributed by atoms with Gasteiger partial charge in [-0.05, 0) is 94.2 Å². The minimum absolute atomic E-state index is 1.12. The molecule has 2 nitrogen and oxygen atoms in total. The fourth-order valence-corrected chi connectivity index (χ4v) is 8.62. The maximum atomic E-state index is 2.39. The van der Waals surface area contributed by atoms with Gasteiger partial charge in [0.25, 0.3) is 0 Å². The van der Waals surface area contributed by atoms with Gasteiger partial charge in [-0.2, -0.15) is 0 Å². The first kappa shape index (κ1) is 29.5. The lowest BCUT2D eigenvalue weighted by molar-refractivity contribution is 1.13. The fourth-order valence-electron chi connectivity index (χ4n) is 7.48. The number of para-hydroxylation sites is 1. The Labute approximate surface area is 300 Å². The fraction of sp³-hybridized carbons (Fsp3) is 0. The highest BCUT2D eigenvalue weighted by molar-refractivity contribution is 7.25. The normalized spacial score (nSPS) is 11.5. The summed E-state index contributed by atoms with van der Waals surface area (Å²) >= 11 is 1.86. The summed E-state index contributed by atoms with van der Waals surface area (Å²) in [6.45, 7) is 0. The van der Waals surface area contributed by atoms with Gasteiger partial charge in [0.2, 0.25) is 0 Å². The van der Waals surface area contributed by atoms with E-state index in [1.165, 1.54) is 64.1 Å². The van der Waals surface area contributed by atoms with Crippen LogP contribution >= 0.6 is 11.3 Å². The molecule has 0 aliphatic carbocycles. The molecule has 0 aliphatic rings. The Kier molecular flexibility index (Phi) is 7.04. The molecule has 0 unspecified atom stereocenters. The number of thiophene rings is 1. The van der Waals surface area contributed by atoms with Crippen LogP contribution < -0.4 is 4.90 Å². The molecule has 0 N–H and O–H groups in total. The predicted octanol–water partition coefficient (Wildman–Crippen LogP) is 14.0. The molecule has 10 aromatic rings. The van der Waals surface area contributed by atoms with Gasteiger partial charge in [0.05, 0.1) is 5.52 Å². The van der Waals surface area contributed by atoms with Gasteiger partial charge in [0, 0.05) is 60.1 Å². The van der Waals surface area contributed by atoms with E-state index in [0.717, 1.165) is 22.7 Å². The molecule has 0 amide bonds. The van der Waals surface area contributed by atoms with Crippen LogP contribution in [-0.4, -0.2) is 4.57 Å². The predicted molar refractivity (Wildman–Crippen MR) is 219 cm³/mol. The molecule has 51 heavy (non-hydrogen) atoms. The van der Waals surface area contributed by atoms with E-state index >= 15 is 0 Å². The van der Waals surface area contributed by atoms with Crippen molar-refractivity contribution in [1.82, 2.24) is 4.57 Å². The molecular formula is C48H32N2S. The Morgan fingerprint density at radius 1 is 0.392 bits per heavy atom. The average Bonchev–Trinajstić information content (AvgIpc) is 3.77. The van der Waals surface area contributed by atoms with E-state index in [0.29, 0.717) is 0 Å². The smallest absolute Gasteiger partial charge is 0.0535 e. The van der Waals surface area contributed by atoms with Gasteiger partial charge in [-0.1, -0.05) is 121 Å². The highest BCUT2D eigenvalue weighted by Gasteiger charge is 2.17. The Morgan fingerprint density at radius 3 is 1.88 bits per heavy atom. The van der Waals surface area contributed by atoms with E-state index in [1.54, 1.807) is 0 Å². The van der Waals surface area contributed by atoms with Crippen molar-refractivity contribution in [2.24, 2.45) is 0 Å². The summed E-state index contributed by atoms with van der Waals surface area (Å²) in [5.74, 6) is 0. The first-order valence-corrected chi connectivity index (χ1v) is 18.2. The molecule has 0 radical (unpaired) electrons. The third-order valence-electron chi connectivity index (χ3n) is 9.99. The number of aromatic nitrogens is 1. The van der Waals surface area contributed by atoms with Gasteiger partial charge in [-0.15, -0.1) is 11.3 Å². The number of benzene rings is 8. The monoisotopic (exact) mass is 668 g/mol. The van der Waals surface area contributed by atoms with Gasteiger partial charge in [-0.3, -0.25) is 0 Å². The minimum atomic E-state index is 1.12. The maximum Gasteiger partial charge on any atom is 0.0535 e. The SMILES string of the molecule is c1ccc(-c2cn(-c3ccccc3)c3ccc(-c4ccc(N(c5ccc6ccccc6c5)c5ccc6c(c5)sc5ccccc56)cc4)cc23)cc1. The second-order valence-corrected chi connectivity index (χ2v) is 14.1. The second-order valence-electron chi connectivity index (χ2n) is 13.0. The zero-order valence-electron chi connectivity index (χ0n) is 27.8. The highest BCUT2D eigenvalue weighted by Crippen LogP contribution is 2.42. The Morgan fingerprint density at radius 2 is 1.04 bits per heavy atom. The molecular weight excluding hydrogens is 637 g/mol. The van der Waals surface area contributed by atoms with E-state index < -0.39 is 0 Å². The first-order valence-electron chi connectivity index (χ1n) is 17.3. The summed E-state index contributed by atoms with van der Waals surface area (Å²) in [4.78, 5) is 2.39. The highest BCUT2D eigenvalue weighted by atomic mass is 32.1. The summed E-state index contributed by atoms with van der Waals surface area (Å²) in [5.41, 5.74) is 10.6. The average molecular weight is 669 g/mol. The second kappa shape index (κ2) is 12.2. The summed E-state index contributed by atoms with van der Waals surface area (Å²) in [6, 6.07) is 68.2. The quantitative estimate of drug-likeness (QED) is 0.171. The number of nitrogens with zero attached hydrogens (tertiary/aromatic N) is 2. The van der Waals surface area contributed by atoms with Crippen LogP contribution in [0.3, 0.4) is 0 Å². The largest absolute Gasteiger partial charge is 0.316 e. The van der Waals surface area contributed by atoms with Crippen molar-refractivity contribution in [3.8, 4) is 27.9 Å². The third kappa shape index (κ3) is 5.18. The number of fused-ring (bicyclic) bond motifs is 5. The number of hydrogen-bond donors (Lipinski definition) is 0. The molecule has 10 rings (SSSR count). The summed E-state index contributed by atoms with van der Waals surface area (Å²) in [7, 11) is 0. The Balaban J connectivity index is 1.09. The van der Waals surface area contributed by atoms with Gasteiger partial charge < -0.3 is 9.47 Å². The molecule has 2 aromatic heterocycles. The Hall–Kier alpha value is -6.42. The van der Waals surface area contributed by atoms with E-state index in [9.17, 15) is 0 Å². The van der Waals surface area contributed by atoms with Crippen LogP contribution in [-0.2, 0) is 0 Å². The molecule has 0 atom stereocenters. The standard InChI is InChI=1S/C48H32N2S/c1-3-12-35(13-4-1)45-32-49(38-15-5-2-6-16-38)46-28-22-37(30-44(45)46)34-19-23-39(24-20-34)50(40-25-21-33-11-7-8-14-36(33)29-40)41-26-27-43-42-17-9-10-18-47(42)51-48(43)31-41/h1-32H. The number of hydrogen-bond acceptors (Lipinski definition) is 2. The first-order chi connectivity index (χ1) is 25.3. The van der Waals surface area contributed by atoms with Crippen molar-refractivity contribution in [2.45, 2.75) is 0 Å². The topological polar surface area (TPSA) is 8.17 Å². The van der Waals surface area contributed by atoms with Gasteiger partial charge in [-0.25, -0.2) is 0 Å². The van der Waals surface area contributed by atoms with Crippen LogP contribution in [0.4, 0.5) is 17.1 Å². The van der Waals surface area contributed by atoms with Crippen LogP contribution in [0.25, 0.3) is 69.8 Å². The van der Waals surface area contributed by atoms with Crippen molar-refractivity contribution in [3.63, 3.8) is 0 Å². The third-order valence-corrected chi connectivity index (χ3v) is 11.1. The van der Waals surface area contributed by atoms with Crippen molar-refractivity contribution < 1.29 is 0 Å². The van der Waals surface area contributed by atoms with E-state index in [2.05, 4.69) is 204 Å². The number of rotatable bonds is 6. The lowest BCUT2D eigenvalue weighted by Gasteiger charge is -2.26. The van der Waals surface area contributed by atoms with Crippen LogP contribution in [0.15, 0.2) is 194 Å². The van der Waals surface area contributed by atoms with Crippen LogP contribution in [0.1, 0.15) is 0 Å². The summed E-state index contributed by atoms with van der Waals surface area (Å²) < 4.78 is 4.91. The molecule has 0 spiro atoms. The van der Waals surface area contributed by atoms with Crippen molar-refractivity contribution >= 4 is 70.2 Å². The lowest BCUT2D eigenvalue weighted by Crippen LogP contribution is -2.09. The van der Waals surface area contributed by atoms with E-state index in [1.807, 2.05) is 11.3 Å². The summed E-state index contributed by atoms with van der Waals surface area (Å²) in [5, 5.41) is 6.32. The summed E-state index contributed by atoms with van der Waals surface area (Å²) in [6.07, 6.45) is 2.27. The van der Waals surface area contributed by atoms with Gasteiger partial charge in [0.15, 0.2) is 0 Å². The zero-order valence-corrected chi connectivity index (χ0v) is 28.6. The van der Waals surface area contributed by atoms with Crippen LogP contribution in [0, 0.1) is 0 Å². The van der Waals surface area contributed by atoms with Crippen LogP contribution in [0.5, 0.6) is 0 Å². The molecule has 2 heterocycles. The molecule has 240 valence electrons. The van der Waals surface area contributed by atoms with E-state index in [-0.39, 0.29) is 0 Å². The Bertz CT molecular complexity index is 2850. The van der Waals surface area contributed by atoms with Crippen molar-refractivity contribution in [1.29, 1.82) is 0 Å². The zero-order chi connectivity index (χ0) is 33.7. The van der Waals surface area contributed by atoms with Crippen molar-refractivity contribution in [3.05, 3.63) is 194 Å². The molecule has 0 saturated carbocycles. The minimum Gasteiger partial charge on any atom is -0.316 e. The molecule has 8 aromatic carbocycles. The van der Waals surface area contributed by atoms with Gasteiger partial charge >= 0.3 is 0 Å². The lowest BCUT2D eigenvalue weighted by atomic mass is 9.99. The van der Waals surface area contributed by atoms with Crippen LogP contribution in [0.2, 0.25) is 0 Å². The molecule has 3 heteroatoms.